The molecule has 5 nitrogen and oxygen atoms in total. The highest BCUT2D eigenvalue weighted by Crippen LogP contribution is 2.31. The van der Waals surface area contributed by atoms with Gasteiger partial charge in [0.25, 0.3) is 0 Å². The molecule has 0 aromatic heterocycles. The Bertz CT molecular complexity index is 973. The summed E-state index contributed by atoms with van der Waals surface area (Å²) in [5, 5.41) is 8.68. The predicted molar refractivity (Wildman–Crippen MR) is 136 cm³/mol. The number of carbonyl (C=O) groups excluding carboxylic acids is 1. The van der Waals surface area contributed by atoms with Gasteiger partial charge in [-0.1, -0.05) is 56.5 Å². The molecule has 0 radical (unpaired) electrons. The van der Waals surface area contributed by atoms with Gasteiger partial charge in [-0.3, -0.25) is 4.79 Å². The van der Waals surface area contributed by atoms with Crippen molar-refractivity contribution in [3.8, 4) is 0 Å². The number of aryl methyl sites for hydroxylation is 1. The number of ether oxygens (including phenoxy) is 2. The van der Waals surface area contributed by atoms with Crippen LogP contribution in [0, 0.1) is 6.92 Å². The van der Waals surface area contributed by atoms with Crippen molar-refractivity contribution in [2.24, 2.45) is 0 Å². The van der Waals surface area contributed by atoms with Crippen LogP contribution < -0.4 is 0 Å². The van der Waals surface area contributed by atoms with Gasteiger partial charge in [0, 0.05) is 13.0 Å². The van der Waals surface area contributed by atoms with E-state index in [0.717, 1.165) is 66.4 Å². The zero-order valence-electron chi connectivity index (χ0n) is 21.0. The monoisotopic (exact) mass is 466 g/mol. The van der Waals surface area contributed by atoms with Crippen molar-refractivity contribution in [3.05, 3.63) is 76.9 Å². The van der Waals surface area contributed by atoms with E-state index < -0.39 is 11.6 Å². The van der Waals surface area contributed by atoms with E-state index in [9.17, 15) is 9.59 Å². The highest BCUT2D eigenvalue weighted by Gasteiger charge is 2.22. The van der Waals surface area contributed by atoms with E-state index in [1.54, 1.807) is 12.1 Å². The molecule has 5 heteroatoms. The Morgan fingerprint density at radius 3 is 2.12 bits per heavy atom. The third-order valence-electron chi connectivity index (χ3n) is 6.16. The largest absolute Gasteiger partial charge is 0.481 e. The van der Waals surface area contributed by atoms with E-state index in [0.29, 0.717) is 12.2 Å². The standard InChI is InChI=1S/C29H38O5/c1-21-13-18-25(29(3,4)34-19-11-9-7-6-8-10-12-27(30)31)20-26(21)22(2)23-14-16-24(17-15-23)28(32)33-5/h13-18,20H,2,6-12,19H2,1,3-5H3,(H,30,31). The fourth-order valence-electron chi connectivity index (χ4n) is 3.90. The van der Waals surface area contributed by atoms with Gasteiger partial charge in [0.15, 0.2) is 0 Å². The summed E-state index contributed by atoms with van der Waals surface area (Å²) in [4.78, 5) is 22.2. The zero-order valence-corrected chi connectivity index (χ0v) is 21.0. The van der Waals surface area contributed by atoms with Gasteiger partial charge in [-0.25, -0.2) is 4.79 Å². The first-order valence-corrected chi connectivity index (χ1v) is 12.0. The summed E-state index contributed by atoms with van der Waals surface area (Å²) in [7, 11) is 1.37. The molecule has 2 rings (SSSR count). The van der Waals surface area contributed by atoms with Gasteiger partial charge >= 0.3 is 11.9 Å². The van der Waals surface area contributed by atoms with Crippen LogP contribution in [-0.4, -0.2) is 30.8 Å². The lowest BCUT2D eigenvalue weighted by Gasteiger charge is -2.27. The van der Waals surface area contributed by atoms with Gasteiger partial charge < -0.3 is 14.6 Å². The smallest absolute Gasteiger partial charge is 0.337 e. The number of hydrogen-bond donors (Lipinski definition) is 1. The summed E-state index contributed by atoms with van der Waals surface area (Å²) < 4.78 is 11.0. The molecule has 0 heterocycles. The molecule has 2 aromatic carbocycles. The molecule has 0 amide bonds. The van der Waals surface area contributed by atoms with Gasteiger partial charge in [0.05, 0.1) is 18.3 Å². The maximum absolute atomic E-state index is 11.7. The van der Waals surface area contributed by atoms with Crippen LogP contribution in [0.4, 0.5) is 0 Å². The summed E-state index contributed by atoms with van der Waals surface area (Å²) in [6, 6.07) is 13.6. The zero-order chi connectivity index (χ0) is 25.1. The Labute approximate surface area is 203 Å². The van der Waals surface area contributed by atoms with E-state index in [1.165, 1.54) is 7.11 Å². The van der Waals surface area contributed by atoms with Crippen LogP contribution in [0.1, 0.15) is 91.4 Å². The molecule has 0 spiro atoms. The van der Waals surface area contributed by atoms with Crippen LogP contribution in [0.25, 0.3) is 5.57 Å². The second-order valence-electron chi connectivity index (χ2n) is 9.20. The quantitative estimate of drug-likeness (QED) is 0.242. The second-order valence-corrected chi connectivity index (χ2v) is 9.20. The fourth-order valence-corrected chi connectivity index (χ4v) is 3.90. The first kappa shape index (κ1) is 27.3. The number of benzene rings is 2. The molecule has 0 saturated carbocycles. The highest BCUT2D eigenvalue weighted by molar-refractivity contribution is 5.90. The number of methoxy groups -OCH3 is 1. The molecule has 184 valence electrons. The summed E-state index contributed by atoms with van der Waals surface area (Å²) >= 11 is 0. The molecular formula is C29H38O5. The van der Waals surface area contributed by atoms with Gasteiger partial charge in [0.2, 0.25) is 0 Å². The molecule has 2 aromatic rings. The molecule has 0 saturated heterocycles. The SMILES string of the molecule is C=C(c1ccc(C(=O)OC)cc1)c1cc(C(C)(C)OCCCCCCCCC(=O)O)ccc1C. The van der Waals surface area contributed by atoms with Crippen molar-refractivity contribution in [2.45, 2.75) is 71.3 Å². The van der Waals surface area contributed by atoms with Crippen LogP contribution in [-0.2, 0) is 19.9 Å². The third kappa shape index (κ3) is 8.14. The van der Waals surface area contributed by atoms with E-state index in [2.05, 4.69) is 45.5 Å². The maximum Gasteiger partial charge on any atom is 0.337 e. The Morgan fingerprint density at radius 1 is 0.912 bits per heavy atom. The number of hydrogen-bond acceptors (Lipinski definition) is 4. The molecule has 0 bridgehead atoms. The van der Waals surface area contributed by atoms with Crippen molar-refractivity contribution in [2.75, 3.05) is 13.7 Å². The Morgan fingerprint density at radius 2 is 1.50 bits per heavy atom. The van der Waals surface area contributed by atoms with Crippen molar-refractivity contribution in [1.82, 2.24) is 0 Å². The maximum atomic E-state index is 11.7. The van der Waals surface area contributed by atoms with E-state index in [-0.39, 0.29) is 12.4 Å². The highest BCUT2D eigenvalue weighted by atomic mass is 16.5. The number of aliphatic carboxylic acids is 1. The molecule has 0 aliphatic heterocycles. The second kappa shape index (κ2) is 13.1. The van der Waals surface area contributed by atoms with Gasteiger partial charge in [-0.05, 0) is 79.6 Å². The predicted octanol–water partition coefficient (Wildman–Crippen LogP) is 6.91. The molecule has 0 aliphatic rings. The van der Waals surface area contributed by atoms with E-state index >= 15 is 0 Å². The summed E-state index contributed by atoms with van der Waals surface area (Å²) in [6.07, 6.45) is 6.24. The molecule has 0 atom stereocenters. The average Bonchev–Trinajstić information content (AvgIpc) is 2.82. The number of rotatable bonds is 14. The third-order valence-corrected chi connectivity index (χ3v) is 6.16. The van der Waals surface area contributed by atoms with Crippen LogP contribution in [0.2, 0.25) is 0 Å². The van der Waals surface area contributed by atoms with Crippen molar-refractivity contribution < 1.29 is 24.2 Å². The number of unbranched alkanes of at least 4 members (excludes halogenated alkanes) is 5. The number of carboxylic acid groups (broad SMARTS) is 1. The number of carbonyl (C=O) groups is 2. The first-order valence-electron chi connectivity index (χ1n) is 12.0. The Balaban J connectivity index is 1.94. The van der Waals surface area contributed by atoms with Crippen molar-refractivity contribution in [3.63, 3.8) is 0 Å². The van der Waals surface area contributed by atoms with Crippen LogP contribution in [0.15, 0.2) is 49.0 Å². The summed E-state index contributed by atoms with van der Waals surface area (Å²) in [5.74, 6) is -1.07. The minimum absolute atomic E-state index is 0.265. The van der Waals surface area contributed by atoms with Gasteiger partial charge in [-0.2, -0.15) is 0 Å². The minimum atomic E-state index is -0.713. The minimum Gasteiger partial charge on any atom is -0.481 e. The summed E-state index contributed by atoms with van der Waals surface area (Å²) in [6.45, 7) is 11.2. The Hall–Kier alpha value is -2.92. The summed E-state index contributed by atoms with van der Waals surface area (Å²) in [5.41, 5.74) is 5.21. The van der Waals surface area contributed by atoms with Crippen LogP contribution in [0.5, 0.6) is 0 Å². The molecule has 0 fully saturated rings. The first-order chi connectivity index (χ1) is 16.2. The number of carboxylic acids is 1. The Kier molecular flexibility index (Phi) is 10.5. The lowest BCUT2D eigenvalue weighted by Crippen LogP contribution is -2.22. The van der Waals surface area contributed by atoms with E-state index in [4.69, 9.17) is 14.6 Å². The average molecular weight is 467 g/mol. The van der Waals surface area contributed by atoms with Crippen molar-refractivity contribution >= 4 is 17.5 Å². The molecule has 0 unspecified atom stereocenters. The van der Waals surface area contributed by atoms with Gasteiger partial charge in [-0.15, -0.1) is 0 Å². The normalized spacial score (nSPS) is 11.3. The fraction of sp³-hybridized carbons (Fsp3) is 0.448. The molecule has 34 heavy (non-hydrogen) atoms. The lowest BCUT2D eigenvalue weighted by atomic mass is 9.89. The van der Waals surface area contributed by atoms with Crippen LogP contribution >= 0.6 is 0 Å². The van der Waals surface area contributed by atoms with Crippen LogP contribution in [0.3, 0.4) is 0 Å². The van der Waals surface area contributed by atoms with Gasteiger partial charge in [0.1, 0.15) is 0 Å². The number of esters is 1. The molecule has 1 N–H and O–H groups in total. The van der Waals surface area contributed by atoms with E-state index in [1.807, 2.05) is 12.1 Å². The molecule has 0 aliphatic carbocycles. The lowest BCUT2D eigenvalue weighted by molar-refractivity contribution is -0.137. The molecular weight excluding hydrogens is 428 g/mol. The topological polar surface area (TPSA) is 72.8 Å². The van der Waals surface area contributed by atoms with Crippen molar-refractivity contribution in [1.29, 1.82) is 0 Å².